The molecule has 29 heavy (non-hydrogen) atoms. The van der Waals surface area contributed by atoms with Gasteiger partial charge in [0, 0.05) is 13.5 Å². The second kappa shape index (κ2) is 8.39. The maximum atomic E-state index is 12.8. The first-order valence-corrected chi connectivity index (χ1v) is 8.86. The Morgan fingerprint density at radius 1 is 1.07 bits per heavy atom. The number of rotatable bonds is 4. The lowest BCUT2D eigenvalue weighted by Crippen LogP contribution is -2.61. The van der Waals surface area contributed by atoms with Crippen molar-refractivity contribution in [3.63, 3.8) is 0 Å². The van der Waals surface area contributed by atoms with E-state index in [1.165, 1.54) is 26.2 Å². The van der Waals surface area contributed by atoms with Crippen LogP contribution < -0.4 is 4.90 Å². The number of anilines is 1. The van der Waals surface area contributed by atoms with Gasteiger partial charge in [0.2, 0.25) is 0 Å². The van der Waals surface area contributed by atoms with Crippen molar-refractivity contribution in [2.75, 3.05) is 39.4 Å². The quantitative estimate of drug-likeness (QED) is 0.459. The van der Waals surface area contributed by atoms with Crippen LogP contribution in [0.15, 0.2) is 35.6 Å². The fourth-order valence-electron chi connectivity index (χ4n) is 3.63. The van der Waals surface area contributed by atoms with E-state index in [9.17, 15) is 19.5 Å². The van der Waals surface area contributed by atoms with Gasteiger partial charge in [-0.05, 0) is 11.6 Å². The topological polar surface area (TPSA) is 115 Å². The van der Waals surface area contributed by atoms with Gasteiger partial charge in [0.1, 0.15) is 17.9 Å². The molecule has 0 radical (unpaired) electrons. The van der Waals surface area contributed by atoms with Crippen molar-refractivity contribution < 1.29 is 38.4 Å². The van der Waals surface area contributed by atoms with E-state index in [1.807, 2.05) is 0 Å². The van der Waals surface area contributed by atoms with Crippen LogP contribution in [0.5, 0.6) is 0 Å². The Labute approximate surface area is 167 Å². The lowest BCUT2D eigenvalue weighted by Gasteiger charge is -2.50. The van der Waals surface area contributed by atoms with Crippen LogP contribution in [0.25, 0.3) is 0 Å². The smallest absolute Gasteiger partial charge is 0.416 e. The lowest BCUT2D eigenvalue weighted by molar-refractivity contribution is -0.141. The van der Waals surface area contributed by atoms with Crippen LogP contribution in [-0.2, 0) is 23.7 Å². The number of hydrogen-bond donors (Lipinski definition) is 1. The van der Waals surface area contributed by atoms with Gasteiger partial charge in [-0.1, -0.05) is 18.2 Å². The van der Waals surface area contributed by atoms with Gasteiger partial charge in [0.25, 0.3) is 0 Å². The third kappa shape index (κ3) is 3.46. The minimum Gasteiger partial charge on any atom is -0.512 e. The zero-order valence-corrected chi connectivity index (χ0v) is 16.3. The number of carbonyl (C=O) groups excluding carboxylic acids is 3. The van der Waals surface area contributed by atoms with Crippen LogP contribution in [0.3, 0.4) is 0 Å². The van der Waals surface area contributed by atoms with Crippen molar-refractivity contribution in [2.24, 2.45) is 0 Å². The molecule has 10 nitrogen and oxygen atoms in total. The van der Waals surface area contributed by atoms with Crippen molar-refractivity contribution in [3.8, 4) is 0 Å². The molecule has 0 spiro atoms. The number of carbonyl (C=O) groups is 3. The molecule has 2 bridgehead atoms. The van der Waals surface area contributed by atoms with Crippen LogP contribution in [0, 0.1) is 0 Å². The number of amides is 2. The van der Waals surface area contributed by atoms with Gasteiger partial charge in [-0.3, -0.25) is 9.80 Å². The van der Waals surface area contributed by atoms with Crippen LogP contribution in [0.1, 0.15) is 18.0 Å². The summed E-state index contributed by atoms with van der Waals surface area (Å²) < 4.78 is 19.8. The summed E-state index contributed by atoms with van der Waals surface area (Å²) in [6, 6.07) is 6.24. The van der Waals surface area contributed by atoms with Gasteiger partial charge in [0.05, 0.1) is 32.6 Å². The summed E-state index contributed by atoms with van der Waals surface area (Å²) in [5, 5.41) is 10.7. The highest BCUT2D eigenvalue weighted by atomic mass is 16.6. The summed E-state index contributed by atoms with van der Waals surface area (Å²) in [7, 11) is 3.83. The molecule has 0 unspecified atom stereocenters. The van der Waals surface area contributed by atoms with Gasteiger partial charge < -0.3 is 24.1 Å². The molecule has 10 heteroatoms. The summed E-state index contributed by atoms with van der Waals surface area (Å²) in [4.78, 5) is 40.4. The summed E-state index contributed by atoms with van der Waals surface area (Å²) >= 11 is 0. The highest BCUT2D eigenvalue weighted by molar-refractivity contribution is 5.99. The summed E-state index contributed by atoms with van der Waals surface area (Å²) in [6.45, 7) is 0.0899. The van der Waals surface area contributed by atoms with Gasteiger partial charge in [0.15, 0.2) is 6.17 Å². The number of esters is 1. The van der Waals surface area contributed by atoms with E-state index in [-0.39, 0.29) is 31.0 Å². The summed E-state index contributed by atoms with van der Waals surface area (Å²) in [6.07, 6.45) is -2.91. The van der Waals surface area contributed by atoms with Crippen LogP contribution in [0.4, 0.5) is 15.3 Å². The normalized spacial score (nSPS) is 20.1. The molecule has 3 rings (SSSR count). The Morgan fingerprint density at radius 3 is 2.41 bits per heavy atom. The molecule has 0 fully saturated rings. The van der Waals surface area contributed by atoms with Gasteiger partial charge in [-0.2, -0.15) is 0 Å². The molecule has 0 saturated heterocycles. The van der Waals surface area contributed by atoms with Crippen LogP contribution >= 0.6 is 0 Å². The number of aliphatic hydroxyl groups is 1. The Balaban J connectivity index is 2.16. The van der Waals surface area contributed by atoms with Crippen LogP contribution in [-0.4, -0.2) is 68.9 Å². The Bertz CT molecular complexity index is 852. The molecule has 0 aromatic heterocycles. The van der Waals surface area contributed by atoms with E-state index in [1.54, 1.807) is 24.3 Å². The maximum absolute atomic E-state index is 12.8. The van der Waals surface area contributed by atoms with E-state index in [4.69, 9.17) is 18.9 Å². The minimum absolute atomic E-state index is 0.0354. The number of nitrogens with zero attached hydrogens (tertiary/aromatic N) is 2. The Hall–Kier alpha value is -3.27. The van der Waals surface area contributed by atoms with Crippen molar-refractivity contribution in [2.45, 2.75) is 18.6 Å². The molecule has 2 atom stereocenters. The molecule has 2 amide bonds. The first kappa shape index (κ1) is 20.5. The third-order valence-electron chi connectivity index (χ3n) is 4.85. The fraction of sp³-hybridized carbons (Fsp3) is 0.421. The maximum Gasteiger partial charge on any atom is 0.416 e. The average molecular weight is 406 g/mol. The number of methoxy groups -OCH3 is 3. The van der Waals surface area contributed by atoms with Gasteiger partial charge in [-0.25, -0.2) is 14.4 Å². The molecule has 1 aromatic carbocycles. The first-order valence-electron chi connectivity index (χ1n) is 8.86. The van der Waals surface area contributed by atoms with Crippen molar-refractivity contribution in [1.82, 2.24) is 4.90 Å². The van der Waals surface area contributed by atoms with E-state index in [2.05, 4.69) is 0 Å². The van der Waals surface area contributed by atoms with E-state index >= 15 is 0 Å². The molecule has 1 N–H and O–H groups in total. The zero-order chi connectivity index (χ0) is 21.1. The first-order chi connectivity index (χ1) is 14.0. The minimum atomic E-state index is -1.29. The second-order valence-electron chi connectivity index (χ2n) is 6.36. The number of benzene rings is 1. The monoisotopic (exact) mass is 406 g/mol. The zero-order valence-electron chi connectivity index (χ0n) is 16.3. The third-order valence-corrected chi connectivity index (χ3v) is 4.85. The number of fused-ring (bicyclic) bond motifs is 4. The largest absolute Gasteiger partial charge is 0.512 e. The molecule has 0 saturated carbocycles. The molecule has 2 aliphatic heterocycles. The standard InChI is InChI=1S/C19H22N2O8/c1-26-8-9-29-17(23)15-14(22)10-13-11-6-4-5-7-12(11)20(18(24)27-2)16(15)21(13)19(25)28-3/h4-7,13,16,22H,8-10H2,1-3H3/t13-,16+/m1/s1. The van der Waals surface area contributed by atoms with E-state index in [0.29, 0.717) is 11.3 Å². The summed E-state index contributed by atoms with van der Waals surface area (Å²) in [5.74, 6) is -1.14. The van der Waals surface area contributed by atoms with Crippen molar-refractivity contribution >= 4 is 23.8 Å². The molecule has 0 aliphatic carbocycles. The predicted octanol–water partition coefficient (Wildman–Crippen LogP) is 2.11. The number of para-hydroxylation sites is 1. The second-order valence-corrected chi connectivity index (χ2v) is 6.36. The van der Waals surface area contributed by atoms with Gasteiger partial charge >= 0.3 is 18.2 Å². The molecule has 2 heterocycles. The number of aliphatic hydroxyl groups excluding tert-OH is 1. The van der Waals surface area contributed by atoms with Gasteiger partial charge in [-0.15, -0.1) is 0 Å². The highest BCUT2D eigenvalue weighted by Gasteiger charge is 2.53. The fourth-order valence-corrected chi connectivity index (χ4v) is 3.63. The van der Waals surface area contributed by atoms with Crippen molar-refractivity contribution in [1.29, 1.82) is 0 Å². The molecular weight excluding hydrogens is 384 g/mol. The predicted molar refractivity (Wildman–Crippen MR) is 99.2 cm³/mol. The SMILES string of the molecule is COCCOC(=O)C1=C(O)C[C@@H]2c3ccccc3N(C(=O)OC)[C@H]1N2C(=O)OC. The lowest BCUT2D eigenvalue weighted by atomic mass is 9.87. The molecule has 1 aromatic rings. The number of ether oxygens (including phenoxy) is 4. The number of hydrogen-bond acceptors (Lipinski definition) is 8. The highest BCUT2D eigenvalue weighted by Crippen LogP contribution is 2.48. The Kier molecular flexibility index (Phi) is 5.92. The van der Waals surface area contributed by atoms with Crippen LogP contribution in [0.2, 0.25) is 0 Å². The molecule has 2 aliphatic rings. The Morgan fingerprint density at radius 2 is 1.76 bits per heavy atom. The molecule has 156 valence electrons. The van der Waals surface area contributed by atoms with Crippen molar-refractivity contribution in [3.05, 3.63) is 41.2 Å². The van der Waals surface area contributed by atoms with E-state index in [0.717, 1.165) is 4.90 Å². The summed E-state index contributed by atoms with van der Waals surface area (Å²) in [5.41, 5.74) is 0.838. The van der Waals surface area contributed by atoms with E-state index < -0.39 is 30.4 Å². The average Bonchev–Trinajstić information content (AvgIpc) is 2.72. The molecular formula is C19H22N2O8.